The molecule has 3 unspecified atom stereocenters. The Morgan fingerprint density at radius 2 is 1.78 bits per heavy atom. The Kier molecular flexibility index (Phi) is 5.59. The number of carboxylic acids is 1. The molecule has 0 radical (unpaired) electrons. The average Bonchev–Trinajstić information content (AvgIpc) is 2.35. The Bertz CT molecular complexity index is 299. The first kappa shape index (κ1) is 15.0. The van der Waals surface area contributed by atoms with E-state index < -0.39 is 12.0 Å². The Morgan fingerprint density at radius 1 is 1.22 bits per heavy atom. The molecule has 0 heterocycles. The lowest BCUT2D eigenvalue weighted by Crippen LogP contribution is -2.50. The van der Waals surface area contributed by atoms with Crippen molar-refractivity contribution in [3.8, 4) is 0 Å². The predicted molar refractivity (Wildman–Crippen MR) is 69.0 cm³/mol. The van der Waals surface area contributed by atoms with Gasteiger partial charge in [-0.2, -0.15) is 0 Å². The second-order valence-corrected chi connectivity index (χ2v) is 5.37. The number of aliphatic carboxylic acids is 1. The number of hydrogen-bond donors (Lipinski definition) is 3. The monoisotopic (exact) mass is 256 g/mol. The third-order valence-electron chi connectivity index (χ3n) is 3.89. The summed E-state index contributed by atoms with van der Waals surface area (Å²) >= 11 is 0. The number of hydrogen-bond acceptors (Lipinski definition) is 3. The van der Waals surface area contributed by atoms with Gasteiger partial charge in [-0.25, -0.2) is 4.79 Å². The van der Waals surface area contributed by atoms with E-state index >= 15 is 0 Å². The predicted octanol–water partition coefficient (Wildman–Crippen LogP) is 1.12. The molecule has 18 heavy (non-hydrogen) atoms. The summed E-state index contributed by atoms with van der Waals surface area (Å²) in [5, 5.41) is 11.9. The summed E-state index contributed by atoms with van der Waals surface area (Å²) in [6.07, 6.45) is 5.01. The second-order valence-electron chi connectivity index (χ2n) is 5.37. The first-order chi connectivity index (χ1) is 8.43. The lowest BCUT2D eigenvalue weighted by molar-refractivity contribution is -0.144. The normalized spacial score (nSPS) is 21.9. The van der Waals surface area contributed by atoms with Crippen LogP contribution in [0.5, 0.6) is 0 Å². The molecular formula is C13H24N2O3. The van der Waals surface area contributed by atoms with E-state index in [0.29, 0.717) is 0 Å². The molecule has 0 spiro atoms. The molecule has 1 aliphatic rings. The minimum atomic E-state index is -0.938. The molecule has 5 nitrogen and oxygen atoms in total. The zero-order chi connectivity index (χ0) is 13.7. The van der Waals surface area contributed by atoms with Crippen LogP contribution >= 0.6 is 0 Å². The van der Waals surface area contributed by atoms with Gasteiger partial charge in [-0.3, -0.25) is 4.79 Å². The number of carbonyl (C=O) groups excluding carboxylic acids is 1. The molecule has 104 valence electrons. The largest absolute Gasteiger partial charge is 0.480 e. The van der Waals surface area contributed by atoms with Gasteiger partial charge in [-0.1, -0.05) is 26.2 Å². The van der Waals surface area contributed by atoms with Crippen LogP contribution in [-0.4, -0.2) is 29.1 Å². The van der Waals surface area contributed by atoms with E-state index in [-0.39, 0.29) is 23.8 Å². The molecular weight excluding hydrogens is 232 g/mol. The van der Waals surface area contributed by atoms with E-state index in [9.17, 15) is 14.7 Å². The van der Waals surface area contributed by atoms with Crippen molar-refractivity contribution in [3.05, 3.63) is 0 Å². The summed E-state index contributed by atoms with van der Waals surface area (Å²) < 4.78 is 0. The number of carbonyl (C=O) groups is 2. The van der Waals surface area contributed by atoms with E-state index in [1.165, 1.54) is 0 Å². The molecule has 0 bridgehead atoms. The van der Waals surface area contributed by atoms with Gasteiger partial charge >= 0.3 is 5.97 Å². The molecule has 5 heteroatoms. The third kappa shape index (κ3) is 3.98. The lowest BCUT2D eigenvalue weighted by Gasteiger charge is -2.29. The average molecular weight is 256 g/mol. The topological polar surface area (TPSA) is 92.4 Å². The minimum absolute atomic E-state index is 0.0560. The molecule has 1 aliphatic carbocycles. The van der Waals surface area contributed by atoms with Gasteiger partial charge < -0.3 is 16.2 Å². The van der Waals surface area contributed by atoms with Crippen molar-refractivity contribution in [3.63, 3.8) is 0 Å². The first-order valence-corrected chi connectivity index (χ1v) is 6.72. The Morgan fingerprint density at radius 3 is 2.22 bits per heavy atom. The fourth-order valence-electron chi connectivity index (χ4n) is 2.37. The highest BCUT2D eigenvalue weighted by molar-refractivity contribution is 5.85. The quantitative estimate of drug-likeness (QED) is 0.687. The number of rotatable bonds is 5. The number of carboxylic acid groups (broad SMARTS) is 1. The lowest BCUT2D eigenvalue weighted by atomic mass is 9.83. The van der Waals surface area contributed by atoms with Crippen LogP contribution in [0, 0.1) is 11.8 Å². The Balaban J connectivity index is 2.62. The highest BCUT2D eigenvalue weighted by atomic mass is 16.4. The fourth-order valence-corrected chi connectivity index (χ4v) is 2.37. The van der Waals surface area contributed by atoms with Crippen molar-refractivity contribution in [1.29, 1.82) is 0 Å². The van der Waals surface area contributed by atoms with Gasteiger partial charge in [0.05, 0.1) is 0 Å². The molecule has 1 saturated carbocycles. The van der Waals surface area contributed by atoms with E-state index in [0.717, 1.165) is 32.1 Å². The van der Waals surface area contributed by atoms with Crippen LogP contribution in [0.4, 0.5) is 0 Å². The van der Waals surface area contributed by atoms with Crippen LogP contribution in [-0.2, 0) is 9.59 Å². The van der Waals surface area contributed by atoms with E-state index in [4.69, 9.17) is 5.73 Å². The third-order valence-corrected chi connectivity index (χ3v) is 3.89. The number of nitrogens with one attached hydrogen (secondary N) is 1. The van der Waals surface area contributed by atoms with Crippen molar-refractivity contribution in [2.24, 2.45) is 17.6 Å². The molecule has 1 rings (SSSR count). The van der Waals surface area contributed by atoms with Crippen LogP contribution in [0.2, 0.25) is 0 Å². The summed E-state index contributed by atoms with van der Waals surface area (Å²) in [5.74, 6) is -1.51. The summed E-state index contributed by atoms with van der Waals surface area (Å²) in [5.41, 5.74) is 5.66. The van der Waals surface area contributed by atoms with Crippen molar-refractivity contribution in [2.45, 2.75) is 58.0 Å². The van der Waals surface area contributed by atoms with Crippen LogP contribution in [0.25, 0.3) is 0 Å². The van der Waals surface area contributed by atoms with Crippen LogP contribution in [0.15, 0.2) is 0 Å². The maximum Gasteiger partial charge on any atom is 0.326 e. The van der Waals surface area contributed by atoms with Gasteiger partial charge in [-0.15, -0.1) is 0 Å². The van der Waals surface area contributed by atoms with Crippen molar-refractivity contribution in [2.75, 3.05) is 0 Å². The molecule has 0 aliphatic heterocycles. The molecule has 1 amide bonds. The summed E-state index contributed by atoms with van der Waals surface area (Å²) in [7, 11) is 0. The molecule has 0 aromatic carbocycles. The fraction of sp³-hybridized carbons (Fsp3) is 0.846. The van der Waals surface area contributed by atoms with E-state index in [1.807, 2.05) is 0 Å². The van der Waals surface area contributed by atoms with E-state index in [1.54, 1.807) is 13.8 Å². The maximum atomic E-state index is 11.9. The van der Waals surface area contributed by atoms with Gasteiger partial charge in [0.25, 0.3) is 0 Å². The van der Waals surface area contributed by atoms with Crippen LogP contribution in [0.3, 0.4) is 0 Å². The van der Waals surface area contributed by atoms with Crippen LogP contribution < -0.4 is 11.1 Å². The van der Waals surface area contributed by atoms with Gasteiger partial charge in [0.15, 0.2) is 0 Å². The van der Waals surface area contributed by atoms with E-state index in [2.05, 4.69) is 5.32 Å². The molecule has 0 saturated heterocycles. The standard InChI is InChI=1S/C13H24N2O3/c1-8(9(2)14)12(16)15-11(13(17)18)10-6-4-3-5-7-10/h8-11H,3-7,14H2,1-2H3,(H,15,16)(H,17,18). The van der Waals surface area contributed by atoms with Gasteiger partial charge in [0, 0.05) is 12.0 Å². The molecule has 3 atom stereocenters. The van der Waals surface area contributed by atoms with Crippen molar-refractivity contribution in [1.82, 2.24) is 5.32 Å². The molecule has 0 aromatic heterocycles. The SMILES string of the molecule is CC(N)C(C)C(=O)NC(C(=O)O)C1CCCCC1. The summed E-state index contributed by atoms with van der Waals surface area (Å²) in [6.45, 7) is 3.47. The zero-order valence-electron chi connectivity index (χ0n) is 11.2. The minimum Gasteiger partial charge on any atom is -0.480 e. The molecule has 0 aromatic rings. The summed E-state index contributed by atoms with van der Waals surface area (Å²) in [4.78, 5) is 23.2. The van der Waals surface area contributed by atoms with Gasteiger partial charge in [-0.05, 0) is 25.7 Å². The van der Waals surface area contributed by atoms with Gasteiger partial charge in [0.2, 0.25) is 5.91 Å². The number of amides is 1. The maximum absolute atomic E-state index is 11.9. The second kappa shape index (κ2) is 6.73. The molecule has 1 fully saturated rings. The molecule has 4 N–H and O–H groups in total. The first-order valence-electron chi connectivity index (χ1n) is 6.72. The smallest absolute Gasteiger partial charge is 0.326 e. The van der Waals surface area contributed by atoms with Crippen molar-refractivity contribution >= 4 is 11.9 Å². The zero-order valence-corrected chi connectivity index (χ0v) is 11.2. The number of nitrogens with two attached hydrogens (primary N) is 1. The van der Waals surface area contributed by atoms with Gasteiger partial charge in [0.1, 0.15) is 6.04 Å². The van der Waals surface area contributed by atoms with Crippen LogP contribution in [0.1, 0.15) is 46.0 Å². The summed E-state index contributed by atoms with van der Waals surface area (Å²) in [6, 6.07) is -1.04. The highest BCUT2D eigenvalue weighted by Gasteiger charge is 2.32. The Hall–Kier alpha value is -1.10. The van der Waals surface area contributed by atoms with Crippen molar-refractivity contribution < 1.29 is 14.7 Å². The Labute approximate surface area is 108 Å². The highest BCUT2D eigenvalue weighted by Crippen LogP contribution is 2.26.